The molecule has 0 aromatic heterocycles. The zero-order valence-electron chi connectivity index (χ0n) is 20.1. The van der Waals surface area contributed by atoms with Crippen LogP contribution in [0, 0.1) is 52.3 Å². The molecule has 8 atom stereocenters. The maximum Gasteiger partial charge on any atom is -0.0264 e. The second kappa shape index (κ2) is 8.16. The third-order valence-corrected chi connectivity index (χ3v) is 12.1. The minimum absolute atomic E-state index is 0.686. The number of rotatable bonds is 4. The lowest BCUT2D eigenvalue weighted by atomic mass is 9.44. The quantitative estimate of drug-likeness (QED) is 0.443. The van der Waals surface area contributed by atoms with E-state index in [2.05, 4.69) is 20.8 Å². The molecular formula is C29H50. The fourth-order valence-electron chi connectivity index (χ4n) is 10.4. The van der Waals surface area contributed by atoms with Crippen LogP contribution in [0.3, 0.4) is 0 Å². The molecule has 0 heterocycles. The molecule has 5 fully saturated rings. The van der Waals surface area contributed by atoms with Crippen LogP contribution in [-0.4, -0.2) is 0 Å². The van der Waals surface area contributed by atoms with Crippen molar-refractivity contribution in [3.8, 4) is 0 Å². The molecule has 0 aliphatic heterocycles. The molecule has 8 unspecified atom stereocenters. The van der Waals surface area contributed by atoms with Crippen LogP contribution in [0.2, 0.25) is 0 Å². The zero-order chi connectivity index (χ0) is 20.1. The molecule has 0 N–H and O–H groups in total. The first-order valence-electron chi connectivity index (χ1n) is 14.0. The van der Waals surface area contributed by atoms with Gasteiger partial charge in [-0.2, -0.15) is 0 Å². The molecule has 5 aliphatic rings. The van der Waals surface area contributed by atoms with Crippen LogP contribution in [0.5, 0.6) is 0 Å². The highest BCUT2D eigenvalue weighted by Gasteiger charge is 2.60. The lowest BCUT2D eigenvalue weighted by Crippen LogP contribution is -2.53. The predicted octanol–water partition coefficient (Wildman–Crippen LogP) is 9.03. The third kappa shape index (κ3) is 3.55. The number of hydrogen-bond acceptors (Lipinski definition) is 0. The summed E-state index contributed by atoms with van der Waals surface area (Å²) >= 11 is 0. The SMILES string of the molecule is CC(CCC1CCCCC1)C1CCC2C3CCC4CCCCC4(C)C3CCC12C. The molecule has 29 heavy (non-hydrogen) atoms. The van der Waals surface area contributed by atoms with Crippen LogP contribution in [0.1, 0.15) is 130 Å². The molecule has 0 radical (unpaired) electrons. The summed E-state index contributed by atoms with van der Waals surface area (Å²) in [6, 6.07) is 0. The fourth-order valence-corrected chi connectivity index (χ4v) is 10.4. The monoisotopic (exact) mass is 398 g/mol. The van der Waals surface area contributed by atoms with E-state index >= 15 is 0 Å². The fraction of sp³-hybridized carbons (Fsp3) is 1.00. The Morgan fingerprint density at radius 3 is 2.28 bits per heavy atom. The number of hydrogen-bond donors (Lipinski definition) is 0. The highest BCUT2D eigenvalue weighted by molar-refractivity contribution is 5.09. The lowest BCUT2D eigenvalue weighted by Gasteiger charge is -2.61. The highest BCUT2D eigenvalue weighted by Crippen LogP contribution is 2.68. The molecule has 5 aliphatic carbocycles. The molecule has 0 heteroatoms. The number of fused-ring (bicyclic) bond motifs is 5. The van der Waals surface area contributed by atoms with Crippen molar-refractivity contribution in [3.05, 3.63) is 0 Å². The minimum Gasteiger partial charge on any atom is -0.0622 e. The van der Waals surface area contributed by atoms with Crippen molar-refractivity contribution in [2.24, 2.45) is 52.3 Å². The van der Waals surface area contributed by atoms with Gasteiger partial charge in [-0.05, 0) is 104 Å². The van der Waals surface area contributed by atoms with Crippen molar-refractivity contribution in [1.29, 1.82) is 0 Å². The van der Waals surface area contributed by atoms with Crippen LogP contribution in [0.15, 0.2) is 0 Å². The minimum atomic E-state index is 0.686. The van der Waals surface area contributed by atoms with Gasteiger partial charge in [0.2, 0.25) is 0 Å². The average molecular weight is 399 g/mol. The summed E-state index contributed by atoms with van der Waals surface area (Å²) in [7, 11) is 0. The summed E-state index contributed by atoms with van der Waals surface area (Å²) in [5, 5.41) is 0. The summed E-state index contributed by atoms with van der Waals surface area (Å²) in [5.74, 6) is 7.41. The van der Waals surface area contributed by atoms with Crippen LogP contribution < -0.4 is 0 Å². The third-order valence-electron chi connectivity index (χ3n) is 12.1. The van der Waals surface area contributed by atoms with Crippen molar-refractivity contribution in [3.63, 3.8) is 0 Å². The molecule has 0 saturated heterocycles. The normalized spacial score (nSPS) is 49.1. The maximum absolute atomic E-state index is 2.78. The van der Waals surface area contributed by atoms with Gasteiger partial charge in [-0.1, -0.05) is 78.6 Å². The average Bonchev–Trinajstić information content (AvgIpc) is 3.09. The smallest absolute Gasteiger partial charge is 0.0264 e. The van der Waals surface area contributed by atoms with E-state index < -0.39 is 0 Å². The van der Waals surface area contributed by atoms with Gasteiger partial charge >= 0.3 is 0 Å². The molecule has 5 rings (SSSR count). The van der Waals surface area contributed by atoms with Crippen molar-refractivity contribution >= 4 is 0 Å². The van der Waals surface area contributed by atoms with E-state index in [0.29, 0.717) is 10.8 Å². The van der Waals surface area contributed by atoms with E-state index in [0.717, 1.165) is 41.4 Å². The topological polar surface area (TPSA) is 0 Å². The van der Waals surface area contributed by atoms with Crippen LogP contribution >= 0.6 is 0 Å². The zero-order valence-corrected chi connectivity index (χ0v) is 20.1. The molecule has 0 nitrogen and oxygen atoms in total. The van der Waals surface area contributed by atoms with Crippen molar-refractivity contribution in [2.45, 2.75) is 130 Å². The molecule has 0 spiro atoms. The standard InChI is InChI=1S/C29H50/c1-21(12-13-22-9-5-4-6-10-22)25-16-17-26-24-15-14-23-11-7-8-19-28(23,2)27(24)18-20-29(25,26)3/h21-27H,4-20H2,1-3H3. The molecule has 0 bridgehead atoms. The predicted molar refractivity (Wildman–Crippen MR) is 125 cm³/mol. The van der Waals surface area contributed by atoms with Gasteiger partial charge in [0.25, 0.3) is 0 Å². The first-order valence-corrected chi connectivity index (χ1v) is 14.0. The summed E-state index contributed by atoms with van der Waals surface area (Å²) in [6.07, 6.45) is 26.3. The van der Waals surface area contributed by atoms with Gasteiger partial charge in [0, 0.05) is 0 Å². The maximum atomic E-state index is 2.78. The molecular weight excluding hydrogens is 348 g/mol. The van der Waals surface area contributed by atoms with E-state index in [4.69, 9.17) is 0 Å². The van der Waals surface area contributed by atoms with Crippen molar-refractivity contribution in [1.82, 2.24) is 0 Å². The largest absolute Gasteiger partial charge is 0.0622 e. The van der Waals surface area contributed by atoms with Crippen molar-refractivity contribution < 1.29 is 0 Å². The Kier molecular flexibility index (Phi) is 5.88. The van der Waals surface area contributed by atoms with Crippen molar-refractivity contribution in [2.75, 3.05) is 0 Å². The van der Waals surface area contributed by atoms with Crippen LogP contribution in [-0.2, 0) is 0 Å². The van der Waals surface area contributed by atoms with Gasteiger partial charge in [0.05, 0.1) is 0 Å². The molecule has 5 saturated carbocycles. The van der Waals surface area contributed by atoms with Gasteiger partial charge < -0.3 is 0 Å². The van der Waals surface area contributed by atoms with Crippen LogP contribution in [0.25, 0.3) is 0 Å². The first-order chi connectivity index (χ1) is 14.0. The van der Waals surface area contributed by atoms with E-state index in [1.807, 2.05) is 0 Å². The van der Waals surface area contributed by atoms with E-state index in [1.54, 1.807) is 70.6 Å². The Hall–Kier alpha value is 0. The summed E-state index contributed by atoms with van der Waals surface area (Å²) < 4.78 is 0. The summed E-state index contributed by atoms with van der Waals surface area (Å²) in [6.45, 7) is 8.18. The lowest BCUT2D eigenvalue weighted by molar-refractivity contribution is -0.114. The van der Waals surface area contributed by atoms with Gasteiger partial charge in [-0.3, -0.25) is 0 Å². The van der Waals surface area contributed by atoms with Crippen LogP contribution in [0.4, 0.5) is 0 Å². The van der Waals surface area contributed by atoms with Gasteiger partial charge in [0.15, 0.2) is 0 Å². The molecule has 0 aromatic carbocycles. The highest BCUT2D eigenvalue weighted by atomic mass is 14.6. The van der Waals surface area contributed by atoms with E-state index in [1.165, 1.54) is 38.5 Å². The van der Waals surface area contributed by atoms with Gasteiger partial charge in [-0.25, -0.2) is 0 Å². The Bertz CT molecular complexity index is 558. The Morgan fingerprint density at radius 2 is 1.45 bits per heavy atom. The van der Waals surface area contributed by atoms with Gasteiger partial charge in [0.1, 0.15) is 0 Å². The second-order valence-corrected chi connectivity index (χ2v) is 13.2. The summed E-state index contributed by atoms with van der Waals surface area (Å²) in [4.78, 5) is 0. The van der Waals surface area contributed by atoms with E-state index in [-0.39, 0.29) is 0 Å². The molecule has 166 valence electrons. The Labute approximate surface area is 182 Å². The molecule has 0 aromatic rings. The first kappa shape index (κ1) is 20.9. The Morgan fingerprint density at radius 1 is 0.690 bits per heavy atom. The summed E-state index contributed by atoms with van der Waals surface area (Å²) in [5.41, 5.74) is 1.40. The molecule has 0 amide bonds. The van der Waals surface area contributed by atoms with E-state index in [9.17, 15) is 0 Å². The second-order valence-electron chi connectivity index (χ2n) is 13.2. The van der Waals surface area contributed by atoms with Gasteiger partial charge in [-0.15, -0.1) is 0 Å². The Balaban J connectivity index is 1.26.